The molecule has 2 rings (SSSR count). The first-order chi connectivity index (χ1) is 8.47. The standard InChI is InChI=1S/C14H19NO3/c1-9-4-3-5-11(12(9)15)14(13(16)17)6-7-18-10(2)8-14/h3-5,10H,6-8,15H2,1-2H3,(H,16,17). The highest BCUT2D eigenvalue weighted by molar-refractivity contribution is 5.84. The summed E-state index contributed by atoms with van der Waals surface area (Å²) in [6, 6.07) is 5.59. The molecular weight excluding hydrogens is 230 g/mol. The second-order valence-electron chi connectivity index (χ2n) is 5.06. The number of nitrogens with two attached hydrogens (primary N) is 1. The highest BCUT2D eigenvalue weighted by Crippen LogP contribution is 2.40. The van der Waals surface area contributed by atoms with Crippen molar-refractivity contribution in [2.24, 2.45) is 0 Å². The summed E-state index contributed by atoms with van der Waals surface area (Å²) >= 11 is 0. The highest BCUT2D eigenvalue weighted by Gasteiger charge is 2.45. The average molecular weight is 249 g/mol. The zero-order chi connectivity index (χ0) is 13.3. The first-order valence-corrected chi connectivity index (χ1v) is 6.18. The van der Waals surface area contributed by atoms with Gasteiger partial charge in [-0.2, -0.15) is 0 Å². The number of aliphatic carboxylic acids is 1. The van der Waals surface area contributed by atoms with E-state index in [1.54, 1.807) is 0 Å². The van der Waals surface area contributed by atoms with Crippen LogP contribution in [0.3, 0.4) is 0 Å². The zero-order valence-corrected chi connectivity index (χ0v) is 10.8. The fraction of sp³-hybridized carbons (Fsp3) is 0.500. The number of rotatable bonds is 2. The minimum atomic E-state index is -0.909. The summed E-state index contributed by atoms with van der Waals surface area (Å²) in [4.78, 5) is 11.8. The second-order valence-corrected chi connectivity index (χ2v) is 5.06. The van der Waals surface area contributed by atoms with Crippen LogP contribution in [0.5, 0.6) is 0 Å². The lowest BCUT2D eigenvalue weighted by Crippen LogP contribution is -2.44. The number of aryl methyl sites for hydroxylation is 1. The number of hydrogen-bond donors (Lipinski definition) is 2. The molecule has 1 heterocycles. The van der Waals surface area contributed by atoms with Gasteiger partial charge in [0.25, 0.3) is 0 Å². The number of benzene rings is 1. The van der Waals surface area contributed by atoms with Gasteiger partial charge in [-0.25, -0.2) is 0 Å². The van der Waals surface area contributed by atoms with Gasteiger partial charge in [0.2, 0.25) is 0 Å². The van der Waals surface area contributed by atoms with Crippen molar-refractivity contribution in [3.05, 3.63) is 29.3 Å². The number of carboxylic acid groups (broad SMARTS) is 1. The van der Waals surface area contributed by atoms with Crippen molar-refractivity contribution in [3.63, 3.8) is 0 Å². The van der Waals surface area contributed by atoms with E-state index in [2.05, 4.69) is 0 Å². The Kier molecular flexibility index (Phi) is 3.30. The largest absolute Gasteiger partial charge is 0.481 e. The van der Waals surface area contributed by atoms with Crippen molar-refractivity contribution in [2.45, 2.75) is 38.2 Å². The molecule has 4 heteroatoms. The molecule has 1 fully saturated rings. The Balaban J connectivity index is 2.54. The van der Waals surface area contributed by atoms with E-state index in [0.717, 1.165) is 11.1 Å². The highest BCUT2D eigenvalue weighted by atomic mass is 16.5. The van der Waals surface area contributed by atoms with Crippen LogP contribution < -0.4 is 5.73 Å². The minimum absolute atomic E-state index is 0.0604. The van der Waals surface area contributed by atoms with Crippen molar-refractivity contribution in [2.75, 3.05) is 12.3 Å². The lowest BCUT2D eigenvalue weighted by molar-refractivity contribution is -0.150. The molecule has 0 amide bonds. The van der Waals surface area contributed by atoms with Crippen LogP contribution in [0.1, 0.15) is 30.9 Å². The molecule has 0 spiro atoms. The van der Waals surface area contributed by atoms with Crippen LogP contribution in [0, 0.1) is 6.92 Å². The number of nitrogen functional groups attached to an aromatic ring is 1. The Morgan fingerprint density at radius 3 is 2.89 bits per heavy atom. The molecule has 0 bridgehead atoms. The van der Waals surface area contributed by atoms with E-state index in [1.165, 1.54) is 0 Å². The smallest absolute Gasteiger partial charge is 0.314 e. The Morgan fingerprint density at radius 2 is 2.28 bits per heavy atom. The van der Waals surface area contributed by atoms with Crippen LogP contribution in [0.15, 0.2) is 18.2 Å². The van der Waals surface area contributed by atoms with Crippen molar-refractivity contribution in [1.29, 1.82) is 0 Å². The maximum atomic E-state index is 11.8. The summed E-state index contributed by atoms with van der Waals surface area (Å²) in [5, 5.41) is 9.66. The molecule has 0 aromatic heterocycles. The summed E-state index contributed by atoms with van der Waals surface area (Å²) in [7, 11) is 0. The van der Waals surface area contributed by atoms with E-state index < -0.39 is 11.4 Å². The molecule has 98 valence electrons. The minimum Gasteiger partial charge on any atom is -0.481 e. The van der Waals surface area contributed by atoms with E-state index in [0.29, 0.717) is 25.1 Å². The monoisotopic (exact) mass is 249 g/mol. The predicted molar refractivity (Wildman–Crippen MR) is 69.6 cm³/mol. The van der Waals surface area contributed by atoms with Crippen LogP contribution in [-0.2, 0) is 14.9 Å². The summed E-state index contributed by atoms with van der Waals surface area (Å²) in [6.07, 6.45) is 0.880. The van der Waals surface area contributed by atoms with Crippen LogP contribution >= 0.6 is 0 Å². The molecule has 3 N–H and O–H groups in total. The lowest BCUT2D eigenvalue weighted by Gasteiger charge is -2.37. The van der Waals surface area contributed by atoms with Crippen LogP contribution in [0.2, 0.25) is 0 Å². The molecule has 0 saturated carbocycles. The van der Waals surface area contributed by atoms with Gasteiger partial charge in [0.15, 0.2) is 0 Å². The number of carboxylic acids is 1. The third kappa shape index (κ3) is 1.97. The van der Waals surface area contributed by atoms with Crippen LogP contribution in [0.25, 0.3) is 0 Å². The van der Waals surface area contributed by atoms with Gasteiger partial charge in [0.1, 0.15) is 0 Å². The summed E-state index contributed by atoms with van der Waals surface area (Å²) in [5.74, 6) is -0.810. The maximum Gasteiger partial charge on any atom is 0.314 e. The van der Waals surface area contributed by atoms with Crippen LogP contribution in [0.4, 0.5) is 5.69 Å². The van der Waals surface area contributed by atoms with Gasteiger partial charge >= 0.3 is 5.97 Å². The zero-order valence-electron chi connectivity index (χ0n) is 10.8. The van der Waals surface area contributed by atoms with Crippen LogP contribution in [-0.4, -0.2) is 23.8 Å². The van der Waals surface area contributed by atoms with Gasteiger partial charge in [-0.05, 0) is 37.8 Å². The predicted octanol–water partition coefficient (Wildman–Crippen LogP) is 2.10. The Labute approximate surface area is 107 Å². The van der Waals surface area contributed by atoms with Gasteiger partial charge in [-0.3, -0.25) is 4.79 Å². The van der Waals surface area contributed by atoms with Crippen molar-refractivity contribution >= 4 is 11.7 Å². The molecule has 0 radical (unpaired) electrons. The molecule has 1 aliphatic rings. The first kappa shape index (κ1) is 12.9. The summed E-state index contributed by atoms with van der Waals surface area (Å²) < 4.78 is 5.47. The van der Waals surface area contributed by atoms with E-state index in [4.69, 9.17) is 10.5 Å². The van der Waals surface area contributed by atoms with E-state index >= 15 is 0 Å². The topological polar surface area (TPSA) is 72.5 Å². The third-order valence-corrected chi connectivity index (χ3v) is 3.82. The average Bonchev–Trinajstić information content (AvgIpc) is 2.32. The molecule has 1 saturated heterocycles. The molecule has 4 nitrogen and oxygen atoms in total. The van der Waals surface area contributed by atoms with Gasteiger partial charge in [0, 0.05) is 12.3 Å². The van der Waals surface area contributed by atoms with E-state index in [9.17, 15) is 9.90 Å². The normalized spacial score (nSPS) is 28.0. The lowest BCUT2D eigenvalue weighted by atomic mass is 9.71. The van der Waals surface area contributed by atoms with Gasteiger partial charge in [-0.15, -0.1) is 0 Å². The number of hydrogen-bond acceptors (Lipinski definition) is 3. The number of carbonyl (C=O) groups is 1. The molecule has 2 unspecified atom stereocenters. The van der Waals surface area contributed by atoms with Gasteiger partial charge < -0.3 is 15.6 Å². The molecule has 1 aliphatic heterocycles. The van der Waals surface area contributed by atoms with Gasteiger partial charge in [-0.1, -0.05) is 18.2 Å². The SMILES string of the molecule is Cc1cccc(C2(C(=O)O)CCOC(C)C2)c1N. The quantitative estimate of drug-likeness (QED) is 0.787. The molecule has 2 atom stereocenters. The van der Waals surface area contributed by atoms with E-state index in [1.807, 2.05) is 32.0 Å². The Hall–Kier alpha value is -1.55. The van der Waals surface area contributed by atoms with Crippen molar-refractivity contribution in [3.8, 4) is 0 Å². The molecule has 1 aromatic carbocycles. The third-order valence-electron chi connectivity index (χ3n) is 3.82. The first-order valence-electron chi connectivity index (χ1n) is 6.18. The number of para-hydroxylation sites is 1. The fourth-order valence-electron chi connectivity index (χ4n) is 2.74. The fourth-order valence-corrected chi connectivity index (χ4v) is 2.74. The van der Waals surface area contributed by atoms with Gasteiger partial charge in [0.05, 0.1) is 11.5 Å². The number of anilines is 1. The second kappa shape index (κ2) is 4.61. The number of ether oxygens (including phenoxy) is 1. The Bertz CT molecular complexity index is 472. The Morgan fingerprint density at radius 1 is 1.56 bits per heavy atom. The summed E-state index contributed by atoms with van der Waals surface area (Å²) in [5.41, 5.74) is 7.41. The maximum absolute atomic E-state index is 11.8. The molecule has 1 aromatic rings. The van der Waals surface area contributed by atoms with Crippen molar-refractivity contribution < 1.29 is 14.6 Å². The molecule has 0 aliphatic carbocycles. The summed E-state index contributed by atoms with van der Waals surface area (Å²) in [6.45, 7) is 4.26. The molecular formula is C14H19NO3. The van der Waals surface area contributed by atoms with E-state index in [-0.39, 0.29) is 6.10 Å². The molecule has 18 heavy (non-hydrogen) atoms. The van der Waals surface area contributed by atoms with Crippen molar-refractivity contribution in [1.82, 2.24) is 0 Å².